The van der Waals surface area contributed by atoms with E-state index < -0.39 is 39.0 Å². The number of sulfonamides is 1. The van der Waals surface area contributed by atoms with E-state index >= 15 is 0 Å². The summed E-state index contributed by atoms with van der Waals surface area (Å²) in [4.78, 5) is 10.4. The molecule has 1 fully saturated rings. The number of carboxylic acid groups (broad SMARTS) is 1. The van der Waals surface area contributed by atoms with Crippen molar-refractivity contribution in [2.45, 2.75) is 30.1 Å². The number of nitrogens with zero attached hydrogens (tertiary/aromatic N) is 1. The summed E-state index contributed by atoms with van der Waals surface area (Å²) in [7, 11) is -4.41. The Morgan fingerprint density at radius 2 is 1.95 bits per heavy atom. The first-order valence-corrected chi connectivity index (χ1v) is 7.66. The second kappa shape index (κ2) is 5.76. The molecular weight excluding hydrogens is 327 g/mol. The second-order valence-electron chi connectivity index (χ2n) is 4.61. The van der Waals surface area contributed by atoms with Crippen LogP contribution in [0, 0.1) is 0 Å². The highest BCUT2D eigenvalue weighted by atomic mass is 32.2. The molecule has 1 aliphatic heterocycles. The van der Waals surface area contributed by atoms with E-state index in [0.717, 1.165) is 12.1 Å². The first kappa shape index (κ1) is 16.6. The van der Waals surface area contributed by atoms with Gasteiger partial charge in [-0.15, -0.1) is 13.2 Å². The molecule has 10 heteroatoms. The zero-order valence-corrected chi connectivity index (χ0v) is 11.9. The van der Waals surface area contributed by atoms with Crippen molar-refractivity contribution in [1.82, 2.24) is 4.31 Å². The number of carboxylic acids is 1. The van der Waals surface area contributed by atoms with Gasteiger partial charge in [0.2, 0.25) is 10.0 Å². The van der Waals surface area contributed by atoms with Crippen LogP contribution in [0.2, 0.25) is 0 Å². The van der Waals surface area contributed by atoms with Gasteiger partial charge in [-0.2, -0.15) is 4.31 Å². The highest BCUT2D eigenvalue weighted by molar-refractivity contribution is 7.89. The highest BCUT2D eigenvalue weighted by Crippen LogP contribution is 2.34. The largest absolute Gasteiger partial charge is 0.573 e. The van der Waals surface area contributed by atoms with E-state index in [2.05, 4.69) is 4.74 Å². The lowest BCUT2D eigenvalue weighted by atomic mass is 10.2. The van der Waals surface area contributed by atoms with Gasteiger partial charge in [-0.3, -0.25) is 4.79 Å². The van der Waals surface area contributed by atoms with Gasteiger partial charge >= 0.3 is 12.3 Å². The maximum atomic E-state index is 12.5. The van der Waals surface area contributed by atoms with Crippen LogP contribution in [0.3, 0.4) is 0 Å². The topological polar surface area (TPSA) is 83.9 Å². The Kier molecular flexibility index (Phi) is 4.34. The van der Waals surface area contributed by atoms with Gasteiger partial charge in [0, 0.05) is 6.54 Å². The van der Waals surface area contributed by atoms with Crippen molar-refractivity contribution < 1.29 is 36.2 Å². The standard InChI is InChI=1S/C12H12F3NO5S/c13-12(14,15)21-9-5-1-2-6-10(9)22(19,20)16-7-3-4-8(16)11(17)18/h1-2,5-6,8H,3-4,7H2,(H,17,18)/t8-/m1/s1. The summed E-state index contributed by atoms with van der Waals surface area (Å²) < 4.78 is 66.5. The molecule has 0 unspecified atom stereocenters. The molecule has 1 heterocycles. The fourth-order valence-corrected chi connectivity index (χ4v) is 4.04. The molecule has 1 aliphatic rings. The average Bonchev–Trinajstić information content (AvgIpc) is 2.87. The van der Waals surface area contributed by atoms with Crippen molar-refractivity contribution >= 4 is 16.0 Å². The molecule has 0 saturated carbocycles. The molecule has 0 spiro atoms. The van der Waals surface area contributed by atoms with Crippen LogP contribution in [0.25, 0.3) is 0 Å². The minimum absolute atomic E-state index is 0.0698. The first-order chi connectivity index (χ1) is 10.1. The van der Waals surface area contributed by atoms with Gasteiger partial charge in [0.25, 0.3) is 0 Å². The molecule has 2 rings (SSSR count). The van der Waals surface area contributed by atoms with Gasteiger partial charge in [0.1, 0.15) is 16.7 Å². The van der Waals surface area contributed by atoms with Crippen molar-refractivity contribution in [3.8, 4) is 5.75 Å². The molecule has 0 radical (unpaired) electrons. The third kappa shape index (κ3) is 3.33. The van der Waals surface area contributed by atoms with Crippen LogP contribution in [0.1, 0.15) is 12.8 Å². The maximum Gasteiger partial charge on any atom is 0.573 e. The summed E-state index contributed by atoms with van der Waals surface area (Å²) in [5, 5.41) is 9.03. The molecule has 1 atom stereocenters. The van der Waals surface area contributed by atoms with Crippen LogP contribution in [-0.2, 0) is 14.8 Å². The van der Waals surface area contributed by atoms with Crippen molar-refractivity contribution in [3.63, 3.8) is 0 Å². The van der Waals surface area contributed by atoms with Crippen LogP contribution < -0.4 is 4.74 Å². The summed E-state index contributed by atoms with van der Waals surface area (Å²) >= 11 is 0. The van der Waals surface area contributed by atoms with Gasteiger partial charge in [0.15, 0.2) is 0 Å². The number of rotatable bonds is 4. The Hall–Kier alpha value is -1.81. The predicted molar refractivity (Wildman–Crippen MR) is 67.7 cm³/mol. The van der Waals surface area contributed by atoms with E-state index in [0.29, 0.717) is 10.7 Å². The van der Waals surface area contributed by atoms with Crippen LogP contribution in [0.15, 0.2) is 29.2 Å². The predicted octanol–water partition coefficient (Wildman–Crippen LogP) is 1.82. The van der Waals surface area contributed by atoms with Gasteiger partial charge < -0.3 is 9.84 Å². The lowest BCUT2D eigenvalue weighted by Gasteiger charge is -2.22. The van der Waals surface area contributed by atoms with Crippen LogP contribution in [-0.4, -0.2) is 42.7 Å². The number of para-hydroxylation sites is 1. The Morgan fingerprint density at radius 1 is 1.32 bits per heavy atom. The van der Waals surface area contributed by atoms with Crippen molar-refractivity contribution in [2.75, 3.05) is 6.54 Å². The molecule has 0 amide bonds. The van der Waals surface area contributed by atoms with Gasteiger partial charge in [-0.1, -0.05) is 12.1 Å². The fourth-order valence-electron chi connectivity index (χ4n) is 2.27. The molecule has 0 aliphatic carbocycles. The van der Waals surface area contributed by atoms with Crippen LogP contribution in [0.4, 0.5) is 13.2 Å². The van der Waals surface area contributed by atoms with Crippen molar-refractivity contribution in [2.24, 2.45) is 0 Å². The molecule has 1 aromatic carbocycles. The molecule has 1 aromatic rings. The number of hydrogen-bond acceptors (Lipinski definition) is 4. The van der Waals surface area contributed by atoms with E-state index in [-0.39, 0.29) is 13.0 Å². The summed E-state index contributed by atoms with van der Waals surface area (Å²) in [6.07, 6.45) is -4.63. The minimum atomic E-state index is -5.05. The number of benzene rings is 1. The number of carbonyl (C=O) groups is 1. The molecule has 0 aromatic heterocycles. The Balaban J connectivity index is 2.44. The quantitative estimate of drug-likeness (QED) is 0.905. The number of ether oxygens (including phenoxy) is 1. The summed E-state index contributed by atoms with van der Waals surface area (Å²) in [5.41, 5.74) is 0. The van der Waals surface area contributed by atoms with E-state index in [1.54, 1.807) is 0 Å². The second-order valence-corrected chi connectivity index (χ2v) is 6.47. The molecular formula is C12H12F3NO5S. The zero-order chi connectivity index (χ0) is 16.5. The van der Waals surface area contributed by atoms with Crippen molar-refractivity contribution in [3.05, 3.63) is 24.3 Å². The van der Waals surface area contributed by atoms with Crippen molar-refractivity contribution in [1.29, 1.82) is 0 Å². The van der Waals surface area contributed by atoms with E-state index in [9.17, 15) is 26.4 Å². The average molecular weight is 339 g/mol. The van der Waals surface area contributed by atoms with E-state index in [1.807, 2.05) is 0 Å². The normalized spacial score (nSPS) is 20.0. The van der Waals surface area contributed by atoms with Crippen LogP contribution in [0.5, 0.6) is 5.75 Å². The SMILES string of the molecule is O=C(O)[C@H]1CCCN1S(=O)(=O)c1ccccc1OC(F)(F)F. The van der Waals surface area contributed by atoms with Gasteiger partial charge in [0.05, 0.1) is 0 Å². The molecule has 1 saturated heterocycles. The molecule has 1 N–H and O–H groups in total. The number of halogens is 3. The summed E-state index contributed by atoms with van der Waals surface area (Å²) in [6.45, 7) is -0.0698. The minimum Gasteiger partial charge on any atom is -0.480 e. The third-order valence-electron chi connectivity index (χ3n) is 3.15. The van der Waals surface area contributed by atoms with E-state index in [1.165, 1.54) is 12.1 Å². The molecule has 0 bridgehead atoms. The third-order valence-corrected chi connectivity index (χ3v) is 5.10. The van der Waals surface area contributed by atoms with Crippen LogP contribution >= 0.6 is 0 Å². The van der Waals surface area contributed by atoms with Gasteiger partial charge in [-0.05, 0) is 25.0 Å². The van der Waals surface area contributed by atoms with E-state index in [4.69, 9.17) is 5.11 Å². The fraction of sp³-hybridized carbons (Fsp3) is 0.417. The lowest BCUT2D eigenvalue weighted by Crippen LogP contribution is -2.40. The lowest BCUT2D eigenvalue weighted by molar-refractivity contribution is -0.275. The Morgan fingerprint density at radius 3 is 2.55 bits per heavy atom. The zero-order valence-electron chi connectivity index (χ0n) is 11.1. The Bertz CT molecular complexity index is 674. The molecule has 6 nitrogen and oxygen atoms in total. The summed E-state index contributed by atoms with van der Waals surface area (Å²) in [5.74, 6) is -2.22. The molecule has 122 valence electrons. The maximum absolute atomic E-state index is 12.5. The number of hydrogen-bond donors (Lipinski definition) is 1. The summed E-state index contributed by atoms with van der Waals surface area (Å²) in [6, 6.07) is 2.96. The van der Waals surface area contributed by atoms with Gasteiger partial charge in [-0.25, -0.2) is 8.42 Å². The smallest absolute Gasteiger partial charge is 0.480 e. The number of alkyl halides is 3. The molecule has 22 heavy (non-hydrogen) atoms. The number of aliphatic carboxylic acids is 1. The Labute approximate surface area is 124 Å². The first-order valence-electron chi connectivity index (χ1n) is 6.22. The highest BCUT2D eigenvalue weighted by Gasteiger charge is 2.42. The monoisotopic (exact) mass is 339 g/mol.